The lowest BCUT2D eigenvalue weighted by atomic mass is 10.2. The molecule has 3 aromatic rings. The van der Waals surface area contributed by atoms with Crippen LogP contribution in [0.3, 0.4) is 0 Å². The fourth-order valence-corrected chi connectivity index (χ4v) is 4.37. The maximum Gasteiger partial charge on any atom is 0.249 e. The van der Waals surface area contributed by atoms with Crippen LogP contribution in [0.2, 0.25) is 0 Å². The molecule has 0 radical (unpaired) electrons. The van der Waals surface area contributed by atoms with Crippen LogP contribution in [0.1, 0.15) is 16.8 Å². The van der Waals surface area contributed by atoms with Gasteiger partial charge in [-0.25, -0.2) is 4.68 Å². The van der Waals surface area contributed by atoms with E-state index in [9.17, 15) is 4.79 Å². The molecule has 7 nitrogen and oxygen atoms in total. The highest BCUT2D eigenvalue weighted by molar-refractivity contribution is 7.98. The number of hydrogen-bond acceptors (Lipinski definition) is 6. The van der Waals surface area contributed by atoms with Gasteiger partial charge in [-0.3, -0.25) is 4.79 Å². The first-order valence-electron chi connectivity index (χ1n) is 9.67. The van der Waals surface area contributed by atoms with Crippen molar-refractivity contribution < 1.29 is 19.0 Å². The summed E-state index contributed by atoms with van der Waals surface area (Å²) >= 11 is 1.79. The number of amides is 1. The molecule has 0 spiro atoms. The molecular weight excluding hydrogens is 414 g/mol. The minimum absolute atomic E-state index is 0.232. The highest BCUT2D eigenvalue weighted by Gasteiger charge is 2.24. The van der Waals surface area contributed by atoms with Crippen LogP contribution in [0.25, 0.3) is 11.8 Å². The fourth-order valence-electron chi connectivity index (χ4n) is 3.34. The van der Waals surface area contributed by atoms with Crippen LogP contribution in [-0.2, 0) is 16.3 Å². The van der Waals surface area contributed by atoms with Gasteiger partial charge in [-0.05, 0) is 48.0 Å². The largest absolute Gasteiger partial charge is 0.497 e. The van der Waals surface area contributed by atoms with E-state index in [1.165, 1.54) is 6.08 Å². The van der Waals surface area contributed by atoms with Crippen molar-refractivity contribution in [2.75, 3.05) is 26.6 Å². The molecule has 1 aliphatic rings. The lowest BCUT2D eigenvalue weighted by Crippen LogP contribution is -2.13. The minimum Gasteiger partial charge on any atom is -0.497 e. The van der Waals surface area contributed by atoms with Gasteiger partial charge in [0.05, 0.1) is 32.7 Å². The van der Waals surface area contributed by atoms with E-state index >= 15 is 0 Å². The number of benzene rings is 2. The fraction of sp³-hybridized carbons (Fsp3) is 0.217. The van der Waals surface area contributed by atoms with E-state index in [0.29, 0.717) is 17.3 Å². The topological polar surface area (TPSA) is 74.6 Å². The molecule has 0 atom stereocenters. The number of carbonyl (C=O) groups excluding carboxylic acids is 1. The smallest absolute Gasteiger partial charge is 0.249 e. The van der Waals surface area contributed by atoms with Crippen molar-refractivity contribution in [3.05, 3.63) is 65.4 Å². The average molecular weight is 438 g/mol. The first kappa shape index (κ1) is 20.9. The predicted molar refractivity (Wildman–Crippen MR) is 122 cm³/mol. The van der Waals surface area contributed by atoms with Crippen LogP contribution in [-0.4, -0.2) is 37.0 Å². The van der Waals surface area contributed by atoms with Crippen molar-refractivity contribution >= 4 is 29.6 Å². The second kappa shape index (κ2) is 9.18. The summed E-state index contributed by atoms with van der Waals surface area (Å²) in [4.78, 5) is 12.7. The maximum absolute atomic E-state index is 12.7. The van der Waals surface area contributed by atoms with Gasteiger partial charge in [0, 0.05) is 23.1 Å². The van der Waals surface area contributed by atoms with Gasteiger partial charge in [-0.15, -0.1) is 0 Å². The summed E-state index contributed by atoms with van der Waals surface area (Å²) in [6.07, 6.45) is 3.24. The first-order valence-corrected chi connectivity index (χ1v) is 10.8. The van der Waals surface area contributed by atoms with E-state index in [1.54, 1.807) is 49.9 Å². The molecule has 8 heteroatoms. The quantitative estimate of drug-likeness (QED) is 0.556. The Morgan fingerprint density at radius 1 is 1.03 bits per heavy atom. The zero-order chi connectivity index (χ0) is 21.8. The summed E-state index contributed by atoms with van der Waals surface area (Å²) < 4.78 is 17.6. The van der Waals surface area contributed by atoms with Crippen LogP contribution in [0.4, 0.5) is 5.82 Å². The molecule has 0 aliphatic carbocycles. The van der Waals surface area contributed by atoms with Crippen molar-refractivity contribution in [2.45, 2.75) is 11.5 Å². The molecule has 2 aromatic carbocycles. The van der Waals surface area contributed by atoms with E-state index in [1.807, 2.05) is 36.4 Å². The SMILES string of the molecule is COc1ccc(-n2nc3c(c2NC(=O)C=Cc2ccc(OC)c(OC)c2)CSC3)cc1. The zero-order valence-corrected chi connectivity index (χ0v) is 18.4. The van der Waals surface area contributed by atoms with Gasteiger partial charge in [0.2, 0.25) is 5.91 Å². The summed E-state index contributed by atoms with van der Waals surface area (Å²) in [7, 11) is 4.80. The number of methoxy groups -OCH3 is 3. The molecule has 1 N–H and O–H groups in total. The summed E-state index contributed by atoms with van der Waals surface area (Å²) in [5.41, 5.74) is 3.75. The van der Waals surface area contributed by atoms with Crippen LogP contribution in [0.5, 0.6) is 17.2 Å². The van der Waals surface area contributed by atoms with E-state index in [2.05, 4.69) is 5.32 Å². The van der Waals surface area contributed by atoms with Crippen molar-refractivity contribution in [2.24, 2.45) is 0 Å². The Balaban J connectivity index is 1.57. The van der Waals surface area contributed by atoms with Crippen molar-refractivity contribution in [3.8, 4) is 22.9 Å². The Kier molecular flexibility index (Phi) is 6.18. The number of nitrogens with one attached hydrogen (secondary N) is 1. The van der Waals surface area contributed by atoms with Gasteiger partial charge >= 0.3 is 0 Å². The van der Waals surface area contributed by atoms with Crippen LogP contribution >= 0.6 is 11.8 Å². The first-order chi connectivity index (χ1) is 15.1. The number of anilines is 1. The molecule has 160 valence electrons. The Bertz CT molecular complexity index is 1120. The van der Waals surface area contributed by atoms with Gasteiger partial charge < -0.3 is 19.5 Å². The average Bonchev–Trinajstić information content (AvgIpc) is 3.40. The predicted octanol–water partition coefficient (Wildman–Crippen LogP) is 4.30. The molecular formula is C23H23N3O4S. The molecule has 1 aliphatic heterocycles. The molecule has 4 rings (SSSR count). The summed E-state index contributed by atoms with van der Waals surface area (Å²) in [5.74, 6) is 4.14. The van der Waals surface area contributed by atoms with Crippen LogP contribution in [0, 0.1) is 0 Å². The van der Waals surface area contributed by atoms with Crippen molar-refractivity contribution in [1.29, 1.82) is 0 Å². The summed E-state index contributed by atoms with van der Waals surface area (Å²) in [6, 6.07) is 13.1. The molecule has 0 saturated heterocycles. The van der Waals surface area contributed by atoms with Gasteiger partial charge in [0.15, 0.2) is 11.5 Å². The van der Waals surface area contributed by atoms with Gasteiger partial charge in [0.1, 0.15) is 11.6 Å². The third-order valence-electron chi connectivity index (χ3n) is 4.95. The molecule has 2 heterocycles. The normalized spacial score (nSPS) is 12.6. The number of rotatable bonds is 7. The lowest BCUT2D eigenvalue weighted by molar-refractivity contribution is -0.111. The number of carbonyl (C=O) groups is 1. The van der Waals surface area contributed by atoms with E-state index in [0.717, 1.165) is 39.8 Å². The number of fused-ring (bicyclic) bond motifs is 1. The Morgan fingerprint density at radius 3 is 2.52 bits per heavy atom. The lowest BCUT2D eigenvalue weighted by Gasteiger charge is -2.10. The third kappa shape index (κ3) is 4.39. The highest BCUT2D eigenvalue weighted by Crippen LogP contribution is 2.36. The zero-order valence-electron chi connectivity index (χ0n) is 17.5. The maximum atomic E-state index is 12.7. The standard InChI is InChI=1S/C23H23N3O4S/c1-28-17-8-6-16(7-9-17)26-23(18-13-31-14-19(18)25-26)24-22(27)11-5-15-4-10-20(29-2)21(12-15)30-3/h4-12H,13-14H2,1-3H3,(H,24,27). The van der Waals surface area contributed by atoms with E-state index < -0.39 is 0 Å². The molecule has 0 fully saturated rings. The third-order valence-corrected chi connectivity index (χ3v) is 5.92. The number of nitrogens with zero attached hydrogens (tertiary/aromatic N) is 2. The summed E-state index contributed by atoms with van der Waals surface area (Å²) in [5, 5.41) is 7.73. The van der Waals surface area contributed by atoms with Gasteiger partial charge in [-0.1, -0.05) is 6.07 Å². The van der Waals surface area contributed by atoms with E-state index in [4.69, 9.17) is 19.3 Å². The summed E-state index contributed by atoms with van der Waals surface area (Å²) in [6.45, 7) is 0. The molecule has 1 amide bonds. The molecule has 0 unspecified atom stereocenters. The van der Waals surface area contributed by atoms with Crippen LogP contribution in [0.15, 0.2) is 48.5 Å². The van der Waals surface area contributed by atoms with Crippen molar-refractivity contribution in [1.82, 2.24) is 9.78 Å². The molecule has 1 aromatic heterocycles. The van der Waals surface area contributed by atoms with Crippen LogP contribution < -0.4 is 19.5 Å². The van der Waals surface area contributed by atoms with E-state index in [-0.39, 0.29) is 5.91 Å². The van der Waals surface area contributed by atoms with Crippen molar-refractivity contribution in [3.63, 3.8) is 0 Å². The Hall–Kier alpha value is -3.39. The molecule has 0 saturated carbocycles. The number of aromatic nitrogens is 2. The van der Waals surface area contributed by atoms with Gasteiger partial charge in [0.25, 0.3) is 0 Å². The highest BCUT2D eigenvalue weighted by atomic mass is 32.2. The number of hydrogen-bond donors (Lipinski definition) is 1. The Morgan fingerprint density at radius 2 is 1.81 bits per heavy atom. The second-order valence-corrected chi connectivity index (χ2v) is 7.80. The second-order valence-electron chi connectivity index (χ2n) is 6.81. The Labute approximate surface area is 185 Å². The minimum atomic E-state index is -0.232. The molecule has 0 bridgehead atoms. The monoisotopic (exact) mass is 437 g/mol. The molecule has 31 heavy (non-hydrogen) atoms. The number of ether oxygens (including phenoxy) is 3. The van der Waals surface area contributed by atoms with Gasteiger partial charge in [-0.2, -0.15) is 16.9 Å². The number of thioether (sulfide) groups is 1.